The zero-order valence-electron chi connectivity index (χ0n) is 12.2. The van der Waals surface area contributed by atoms with E-state index in [2.05, 4.69) is 10.4 Å². The summed E-state index contributed by atoms with van der Waals surface area (Å²) < 4.78 is 29.9. The van der Waals surface area contributed by atoms with E-state index in [9.17, 15) is 8.42 Å². The maximum atomic E-state index is 11.4. The van der Waals surface area contributed by atoms with Crippen molar-refractivity contribution in [2.24, 2.45) is 0 Å². The molecule has 19 heavy (non-hydrogen) atoms. The lowest BCUT2D eigenvalue weighted by atomic mass is 9.98. The van der Waals surface area contributed by atoms with Crippen LogP contribution in [0.1, 0.15) is 20.8 Å². The Kier molecular flexibility index (Phi) is 5.11. The molecule has 1 aromatic rings. The van der Waals surface area contributed by atoms with E-state index in [4.69, 9.17) is 4.74 Å². The number of nitrogens with one attached hydrogen (secondary N) is 1. The Bertz CT molecular complexity index is 508. The first-order valence-electron chi connectivity index (χ1n) is 6.21. The van der Waals surface area contributed by atoms with Gasteiger partial charge in [-0.3, -0.25) is 4.68 Å². The smallest absolute Gasteiger partial charge is 0.178 e. The fraction of sp³-hybridized carbons (Fsp3) is 0.750. The van der Waals surface area contributed by atoms with E-state index in [1.54, 1.807) is 18.0 Å². The number of sulfone groups is 1. The minimum atomic E-state index is -3.21. The molecule has 1 N–H and O–H groups in total. The summed E-state index contributed by atoms with van der Waals surface area (Å²) in [6.45, 7) is 7.34. The van der Waals surface area contributed by atoms with Crippen LogP contribution in [0.3, 0.4) is 0 Å². The molecule has 0 fully saturated rings. The molecule has 1 rings (SSSR count). The molecule has 1 aromatic heterocycles. The summed E-state index contributed by atoms with van der Waals surface area (Å²) in [7, 11) is -1.54. The van der Waals surface area contributed by atoms with Crippen molar-refractivity contribution in [1.82, 2.24) is 15.1 Å². The molecule has 0 aliphatic carbocycles. The average Bonchev–Trinajstić information content (AvgIpc) is 2.77. The van der Waals surface area contributed by atoms with Crippen LogP contribution in [0.25, 0.3) is 0 Å². The second-order valence-corrected chi connectivity index (χ2v) is 7.10. The van der Waals surface area contributed by atoms with Crippen molar-refractivity contribution in [3.05, 3.63) is 12.4 Å². The van der Waals surface area contributed by atoms with Gasteiger partial charge < -0.3 is 10.1 Å². The molecule has 110 valence electrons. The lowest BCUT2D eigenvalue weighted by molar-refractivity contribution is -0.0153. The van der Waals surface area contributed by atoms with Gasteiger partial charge >= 0.3 is 0 Å². The van der Waals surface area contributed by atoms with Gasteiger partial charge in [-0.05, 0) is 20.4 Å². The summed E-state index contributed by atoms with van der Waals surface area (Å²) >= 11 is 0. The van der Waals surface area contributed by atoms with Crippen LogP contribution in [0.5, 0.6) is 0 Å². The SMILES string of the molecule is CCNC(Cn1cc(S(C)(=O)=O)cn1)C(C)(C)OC. The molecule has 0 bridgehead atoms. The van der Waals surface area contributed by atoms with Crippen LogP contribution in [0.4, 0.5) is 0 Å². The summed E-state index contributed by atoms with van der Waals surface area (Å²) in [6, 6.07) is 0.0369. The van der Waals surface area contributed by atoms with Gasteiger partial charge in [-0.15, -0.1) is 0 Å². The minimum absolute atomic E-state index is 0.0369. The summed E-state index contributed by atoms with van der Waals surface area (Å²) in [6.07, 6.45) is 4.10. The summed E-state index contributed by atoms with van der Waals surface area (Å²) in [5, 5.41) is 7.43. The van der Waals surface area contributed by atoms with Crippen LogP contribution in [-0.4, -0.2) is 49.8 Å². The molecule has 1 atom stereocenters. The summed E-state index contributed by atoms with van der Waals surface area (Å²) in [5.41, 5.74) is -0.368. The lowest BCUT2D eigenvalue weighted by Crippen LogP contribution is -2.50. The number of nitrogens with zero attached hydrogens (tertiary/aromatic N) is 2. The molecule has 0 radical (unpaired) electrons. The van der Waals surface area contributed by atoms with Crippen LogP contribution < -0.4 is 5.32 Å². The van der Waals surface area contributed by atoms with Gasteiger partial charge in [-0.2, -0.15) is 5.10 Å². The number of aromatic nitrogens is 2. The molecule has 0 saturated heterocycles. The summed E-state index contributed by atoms with van der Waals surface area (Å²) in [5.74, 6) is 0. The first-order valence-corrected chi connectivity index (χ1v) is 8.11. The maximum absolute atomic E-state index is 11.4. The zero-order valence-corrected chi connectivity index (χ0v) is 13.0. The highest BCUT2D eigenvalue weighted by molar-refractivity contribution is 7.90. The first-order chi connectivity index (χ1) is 8.70. The van der Waals surface area contributed by atoms with Gasteiger partial charge in [0.05, 0.1) is 24.4 Å². The second-order valence-electron chi connectivity index (χ2n) is 5.09. The molecule has 0 aromatic carbocycles. The third kappa shape index (κ3) is 4.29. The van der Waals surface area contributed by atoms with Crippen molar-refractivity contribution in [3.63, 3.8) is 0 Å². The predicted octanol–water partition coefficient (Wildman–Crippen LogP) is 0.690. The van der Waals surface area contributed by atoms with Gasteiger partial charge in [-0.1, -0.05) is 6.92 Å². The zero-order chi connectivity index (χ0) is 14.7. The molecule has 0 spiro atoms. The highest BCUT2D eigenvalue weighted by atomic mass is 32.2. The van der Waals surface area contributed by atoms with Gasteiger partial charge in [0, 0.05) is 19.6 Å². The normalized spacial score (nSPS) is 14.6. The third-order valence-electron chi connectivity index (χ3n) is 3.22. The number of likely N-dealkylation sites (N-methyl/N-ethyl adjacent to an activating group) is 1. The number of rotatable bonds is 7. The van der Waals surface area contributed by atoms with Crippen molar-refractivity contribution in [3.8, 4) is 0 Å². The molecule has 0 aliphatic heterocycles. The fourth-order valence-corrected chi connectivity index (χ4v) is 2.29. The van der Waals surface area contributed by atoms with Gasteiger partial charge in [0.1, 0.15) is 4.90 Å². The number of methoxy groups -OCH3 is 1. The van der Waals surface area contributed by atoms with E-state index >= 15 is 0 Å². The van der Waals surface area contributed by atoms with E-state index < -0.39 is 9.84 Å². The Labute approximate surface area is 115 Å². The van der Waals surface area contributed by atoms with Crippen LogP contribution in [0.15, 0.2) is 17.3 Å². The topological polar surface area (TPSA) is 73.2 Å². The Hall–Kier alpha value is -0.920. The highest BCUT2D eigenvalue weighted by Crippen LogP contribution is 2.16. The monoisotopic (exact) mass is 289 g/mol. The molecule has 0 saturated carbocycles. The minimum Gasteiger partial charge on any atom is -0.377 e. The lowest BCUT2D eigenvalue weighted by Gasteiger charge is -2.33. The molecule has 7 heteroatoms. The van der Waals surface area contributed by atoms with Crippen molar-refractivity contribution >= 4 is 9.84 Å². The van der Waals surface area contributed by atoms with Gasteiger partial charge in [0.25, 0.3) is 0 Å². The van der Waals surface area contributed by atoms with Crippen LogP contribution >= 0.6 is 0 Å². The molecule has 0 amide bonds. The van der Waals surface area contributed by atoms with Crippen molar-refractivity contribution in [2.75, 3.05) is 19.9 Å². The molecular formula is C12H23N3O3S. The number of hydrogen-bond acceptors (Lipinski definition) is 5. The molecule has 1 heterocycles. The molecule has 6 nitrogen and oxygen atoms in total. The van der Waals surface area contributed by atoms with Crippen LogP contribution in [0, 0.1) is 0 Å². The van der Waals surface area contributed by atoms with Crippen molar-refractivity contribution in [1.29, 1.82) is 0 Å². The summed E-state index contributed by atoms with van der Waals surface area (Å²) in [4.78, 5) is 0.234. The highest BCUT2D eigenvalue weighted by Gasteiger charge is 2.29. The standard InChI is InChI=1S/C12H23N3O3S/c1-6-13-11(12(2,3)18-4)9-15-8-10(7-14-15)19(5,16)17/h7-8,11,13H,6,9H2,1-5H3. The van der Waals surface area contributed by atoms with Crippen molar-refractivity contribution in [2.45, 2.75) is 43.9 Å². The Morgan fingerprint density at radius 3 is 2.58 bits per heavy atom. The van der Waals surface area contributed by atoms with Crippen molar-refractivity contribution < 1.29 is 13.2 Å². The number of hydrogen-bond donors (Lipinski definition) is 1. The largest absolute Gasteiger partial charge is 0.377 e. The second kappa shape index (κ2) is 6.02. The van der Waals surface area contributed by atoms with E-state index in [0.29, 0.717) is 6.54 Å². The van der Waals surface area contributed by atoms with E-state index in [-0.39, 0.29) is 16.5 Å². The van der Waals surface area contributed by atoms with E-state index in [0.717, 1.165) is 6.54 Å². The average molecular weight is 289 g/mol. The maximum Gasteiger partial charge on any atom is 0.178 e. The first kappa shape index (κ1) is 16.1. The van der Waals surface area contributed by atoms with Crippen LogP contribution in [0.2, 0.25) is 0 Å². The van der Waals surface area contributed by atoms with Crippen LogP contribution in [-0.2, 0) is 21.1 Å². The fourth-order valence-electron chi connectivity index (χ4n) is 1.74. The number of ether oxygens (including phenoxy) is 1. The molecular weight excluding hydrogens is 266 g/mol. The molecule has 1 unspecified atom stereocenters. The predicted molar refractivity (Wildman–Crippen MR) is 73.9 cm³/mol. The Morgan fingerprint density at radius 2 is 2.16 bits per heavy atom. The van der Waals surface area contributed by atoms with E-state index in [1.165, 1.54) is 12.5 Å². The van der Waals surface area contributed by atoms with Gasteiger partial charge in [-0.25, -0.2) is 8.42 Å². The quantitative estimate of drug-likeness (QED) is 0.799. The third-order valence-corrected chi connectivity index (χ3v) is 4.29. The Morgan fingerprint density at radius 1 is 1.53 bits per heavy atom. The van der Waals surface area contributed by atoms with Gasteiger partial charge in [0.2, 0.25) is 0 Å². The van der Waals surface area contributed by atoms with E-state index in [1.807, 2.05) is 20.8 Å². The van der Waals surface area contributed by atoms with Gasteiger partial charge in [0.15, 0.2) is 9.84 Å². The Balaban J connectivity index is 2.89. The molecule has 0 aliphatic rings.